The quantitative estimate of drug-likeness (QED) is 0.803. The molecule has 0 spiro atoms. The maximum Gasteiger partial charge on any atom is 0.0789 e. The van der Waals surface area contributed by atoms with Crippen molar-refractivity contribution >= 4 is 0 Å². The molecule has 0 radical (unpaired) electrons. The molecule has 0 aromatic heterocycles. The molecule has 0 aromatic rings. The largest absolute Gasteiger partial charge is 0.368 e. The van der Waals surface area contributed by atoms with Gasteiger partial charge in [0.1, 0.15) is 0 Å². The highest BCUT2D eigenvalue weighted by Gasteiger charge is 2.49. The summed E-state index contributed by atoms with van der Waals surface area (Å²) in [6.07, 6.45) is 1.06. The Hall–Kier alpha value is -0.120. The monoisotopic (exact) mass is 228 g/mol. The Labute approximate surface area is 100 Å². The van der Waals surface area contributed by atoms with Gasteiger partial charge in [0, 0.05) is 18.1 Å². The molecule has 0 amide bonds. The fourth-order valence-corrected chi connectivity index (χ4v) is 2.70. The van der Waals surface area contributed by atoms with Gasteiger partial charge < -0.3 is 10.5 Å². The summed E-state index contributed by atoms with van der Waals surface area (Å²) in [6.45, 7) is 13.7. The number of nitrogens with zero attached hydrogens (tertiary/aromatic N) is 1. The summed E-state index contributed by atoms with van der Waals surface area (Å²) in [5, 5.41) is 0. The van der Waals surface area contributed by atoms with Crippen molar-refractivity contribution in [2.24, 2.45) is 5.73 Å². The lowest BCUT2D eigenvalue weighted by Gasteiger charge is -2.43. The molecule has 16 heavy (non-hydrogen) atoms. The van der Waals surface area contributed by atoms with E-state index in [2.05, 4.69) is 53.5 Å². The first-order chi connectivity index (χ1) is 7.02. The van der Waals surface area contributed by atoms with E-state index in [0.29, 0.717) is 12.6 Å². The molecule has 1 aliphatic heterocycles. The first-order valence-corrected chi connectivity index (χ1v) is 6.15. The third-order valence-electron chi connectivity index (χ3n) is 3.95. The Bertz CT molecular complexity index is 259. The van der Waals surface area contributed by atoms with Crippen LogP contribution in [0.15, 0.2) is 0 Å². The summed E-state index contributed by atoms with van der Waals surface area (Å²) in [6, 6.07) is 0.418. The molecule has 1 heterocycles. The van der Waals surface area contributed by atoms with Crippen molar-refractivity contribution < 1.29 is 4.74 Å². The van der Waals surface area contributed by atoms with Crippen molar-refractivity contribution in [2.45, 2.75) is 70.7 Å². The van der Waals surface area contributed by atoms with Crippen molar-refractivity contribution in [3.8, 4) is 0 Å². The van der Waals surface area contributed by atoms with E-state index in [-0.39, 0.29) is 16.7 Å². The van der Waals surface area contributed by atoms with Gasteiger partial charge in [-0.2, -0.15) is 0 Å². The van der Waals surface area contributed by atoms with Crippen molar-refractivity contribution in [3.05, 3.63) is 0 Å². The molecule has 3 heteroatoms. The van der Waals surface area contributed by atoms with Gasteiger partial charge in [0.25, 0.3) is 0 Å². The molecule has 1 rings (SSSR count). The average molecular weight is 228 g/mol. The SMILES string of the molecule is CN(C1CC(C)(C)OC1(C)C)C(C)(C)CN. The Morgan fingerprint density at radius 1 is 1.31 bits per heavy atom. The summed E-state index contributed by atoms with van der Waals surface area (Å²) in [4.78, 5) is 2.38. The van der Waals surface area contributed by atoms with Crippen molar-refractivity contribution in [1.29, 1.82) is 0 Å². The lowest BCUT2D eigenvalue weighted by Crippen LogP contribution is -2.56. The van der Waals surface area contributed by atoms with Gasteiger partial charge in [0.05, 0.1) is 11.2 Å². The van der Waals surface area contributed by atoms with E-state index in [1.807, 2.05) is 0 Å². The smallest absolute Gasteiger partial charge is 0.0789 e. The highest BCUT2D eigenvalue weighted by molar-refractivity contribution is 5.02. The predicted molar refractivity (Wildman–Crippen MR) is 68.5 cm³/mol. The number of nitrogens with two attached hydrogens (primary N) is 1. The van der Waals surface area contributed by atoms with E-state index in [1.165, 1.54) is 0 Å². The third kappa shape index (κ3) is 2.58. The first-order valence-electron chi connectivity index (χ1n) is 6.15. The topological polar surface area (TPSA) is 38.5 Å². The summed E-state index contributed by atoms with van der Waals surface area (Å²) < 4.78 is 6.13. The normalized spacial score (nSPS) is 28.7. The van der Waals surface area contributed by atoms with Gasteiger partial charge in [0.15, 0.2) is 0 Å². The molecule has 1 saturated heterocycles. The van der Waals surface area contributed by atoms with Gasteiger partial charge in [-0.15, -0.1) is 0 Å². The maximum absolute atomic E-state index is 6.13. The van der Waals surface area contributed by atoms with Gasteiger partial charge in [0.2, 0.25) is 0 Å². The second-order valence-corrected chi connectivity index (χ2v) is 6.81. The first kappa shape index (κ1) is 13.9. The highest BCUT2D eigenvalue weighted by atomic mass is 16.5. The predicted octanol–water partition coefficient (Wildman–Crippen LogP) is 2.00. The van der Waals surface area contributed by atoms with E-state index in [9.17, 15) is 0 Å². The molecular formula is C13H28N2O. The van der Waals surface area contributed by atoms with Crippen LogP contribution in [0.4, 0.5) is 0 Å². The van der Waals surface area contributed by atoms with E-state index >= 15 is 0 Å². The molecule has 0 aromatic carbocycles. The Kier molecular flexibility index (Phi) is 3.46. The Balaban J connectivity index is 2.89. The molecule has 0 aliphatic carbocycles. The standard InChI is InChI=1S/C13H28N2O/c1-11(2,9-14)15(7)10-8-12(3,4)16-13(10,5)6/h10H,8-9,14H2,1-7H3. The Morgan fingerprint density at radius 2 is 1.81 bits per heavy atom. The van der Waals surface area contributed by atoms with Gasteiger partial charge in [-0.05, 0) is 55.0 Å². The van der Waals surface area contributed by atoms with Crippen LogP contribution in [0.5, 0.6) is 0 Å². The molecule has 3 nitrogen and oxygen atoms in total. The molecule has 1 atom stereocenters. The van der Waals surface area contributed by atoms with Crippen LogP contribution in [-0.2, 0) is 4.74 Å². The molecular weight excluding hydrogens is 200 g/mol. The van der Waals surface area contributed by atoms with Crippen LogP contribution in [0, 0.1) is 0 Å². The summed E-state index contributed by atoms with van der Waals surface area (Å²) in [5.74, 6) is 0. The van der Waals surface area contributed by atoms with Crippen LogP contribution in [-0.4, -0.2) is 41.3 Å². The molecule has 0 saturated carbocycles. The molecule has 1 fully saturated rings. The lowest BCUT2D eigenvalue weighted by atomic mass is 9.89. The minimum absolute atomic E-state index is 0.0196. The van der Waals surface area contributed by atoms with Crippen LogP contribution < -0.4 is 5.73 Å². The van der Waals surface area contributed by atoms with Crippen molar-refractivity contribution in [2.75, 3.05) is 13.6 Å². The van der Waals surface area contributed by atoms with Crippen LogP contribution >= 0.6 is 0 Å². The minimum atomic E-state index is -0.106. The van der Waals surface area contributed by atoms with Crippen LogP contribution in [0.25, 0.3) is 0 Å². The zero-order valence-corrected chi connectivity index (χ0v) is 11.9. The van der Waals surface area contributed by atoms with E-state index in [1.54, 1.807) is 0 Å². The number of likely N-dealkylation sites (N-methyl/N-ethyl adjacent to an activating group) is 1. The van der Waals surface area contributed by atoms with Crippen LogP contribution in [0.3, 0.4) is 0 Å². The summed E-state index contributed by atoms with van der Waals surface area (Å²) in [5.41, 5.74) is 5.73. The third-order valence-corrected chi connectivity index (χ3v) is 3.95. The summed E-state index contributed by atoms with van der Waals surface area (Å²) >= 11 is 0. The zero-order valence-electron chi connectivity index (χ0n) is 11.9. The number of rotatable bonds is 3. The lowest BCUT2D eigenvalue weighted by molar-refractivity contribution is -0.0857. The minimum Gasteiger partial charge on any atom is -0.368 e. The van der Waals surface area contributed by atoms with Gasteiger partial charge in [-0.25, -0.2) is 0 Å². The second-order valence-electron chi connectivity index (χ2n) is 6.81. The maximum atomic E-state index is 6.13. The van der Waals surface area contributed by atoms with Crippen molar-refractivity contribution in [3.63, 3.8) is 0 Å². The molecule has 1 unspecified atom stereocenters. The van der Waals surface area contributed by atoms with Crippen LogP contribution in [0.1, 0.15) is 48.0 Å². The fraction of sp³-hybridized carbons (Fsp3) is 1.00. The fourth-order valence-electron chi connectivity index (χ4n) is 2.70. The van der Waals surface area contributed by atoms with E-state index in [4.69, 9.17) is 10.5 Å². The average Bonchev–Trinajstić information content (AvgIpc) is 2.32. The number of ether oxygens (including phenoxy) is 1. The number of hydrogen-bond acceptors (Lipinski definition) is 3. The second kappa shape index (κ2) is 3.97. The highest BCUT2D eigenvalue weighted by Crippen LogP contribution is 2.41. The molecule has 96 valence electrons. The molecule has 2 N–H and O–H groups in total. The van der Waals surface area contributed by atoms with E-state index in [0.717, 1.165) is 6.42 Å². The van der Waals surface area contributed by atoms with Gasteiger partial charge in [-0.1, -0.05) is 0 Å². The van der Waals surface area contributed by atoms with Gasteiger partial charge in [-0.3, -0.25) is 4.90 Å². The Morgan fingerprint density at radius 3 is 2.12 bits per heavy atom. The summed E-state index contributed by atoms with van der Waals surface area (Å²) in [7, 11) is 2.16. The zero-order chi connectivity index (χ0) is 12.8. The van der Waals surface area contributed by atoms with Crippen molar-refractivity contribution in [1.82, 2.24) is 4.90 Å². The molecule has 1 aliphatic rings. The van der Waals surface area contributed by atoms with Gasteiger partial charge >= 0.3 is 0 Å². The van der Waals surface area contributed by atoms with Crippen LogP contribution in [0.2, 0.25) is 0 Å². The number of hydrogen-bond donors (Lipinski definition) is 1. The molecule has 0 bridgehead atoms. The van der Waals surface area contributed by atoms with E-state index < -0.39 is 0 Å².